The minimum Gasteiger partial charge on any atom is -0.277 e. The lowest BCUT2D eigenvalue weighted by Crippen LogP contribution is -2.10. The van der Waals surface area contributed by atoms with Gasteiger partial charge in [0.1, 0.15) is 0 Å². The van der Waals surface area contributed by atoms with Crippen molar-refractivity contribution in [3.63, 3.8) is 0 Å². The first kappa shape index (κ1) is 20.9. The molecule has 0 aliphatic heterocycles. The topological polar surface area (TPSA) is 65.8 Å². The Balaban J connectivity index is 1.81. The Bertz CT molecular complexity index is 772. The Kier molecular flexibility index (Phi) is 8.55. The van der Waals surface area contributed by atoms with Crippen LogP contribution in [0.2, 0.25) is 0 Å². The van der Waals surface area contributed by atoms with Gasteiger partial charge in [0.15, 0.2) is 0 Å². The van der Waals surface area contributed by atoms with Gasteiger partial charge >= 0.3 is 0 Å². The Morgan fingerprint density at radius 2 is 1.31 bits per heavy atom. The number of nitrogens with zero attached hydrogens (tertiary/aromatic N) is 2. The summed E-state index contributed by atoms with van der Waals surface area (Å²) in [6, 6.07) is 16.0. The Morgan fingerprint density at radius 1 is 0.885 bits per heavy atom. The van der Waals surface area contributed by atoms with Gasteiger partial charge in [-0.3, -0.25) is 4.57 Å². The fraction of sp³-hybridized carbons (Fsp3) is 0.222. The van der Waals surface area contributed by atoms with E-state index in [0.29, 0.717) is 12.8 Å². The Hall–Kier alpha value is -1.43. The molecule has 0 radical (unpaired) electrons. The van der Waals surface area contributed by atoms with Crippen molar-refractivity contribution in [1.82, 2.24) is 10.4 Å². The lowest BCUT2D eigenvalue weighted by molar-refractivity contribution is 0.572. The second kappa shape index (κ2) is 10.7. The van der Waals surface area contributed by atoms with Crippen LogP contribution >= 0.6 is 40.0 Å². The number of hydrogen-bond acceptors (Lipinski definition) is 3. The smallest absolute Gasteiger partial charge is 0.276 e. The van der Waals surface area contributed by atoms with E-state index < -0.39 is 8.10 Å². The maximum atomic E-state index is 12.0. The summed E-state index contributed by atoms with van der Waals surface area (Å²) in [5.41, 5.74) is 3.96. The maximum Gasteiger partial charge on any atom is 0.276 e. The van der Waals surface area contributed by atoms with Crippen LogP contribution in [0.25, 0.3) is 0 Å². The molecule has 0 saturated heterocycles. The second-order valence-corrected chi connectivity index (χ2v) is 8.80. The van der Waals surface area contributed by atoms with Gasteiger partial charge in [-0.15, -0.1) is 0 Å². The first-order valence-electron chi connectivity index (χ1n) is 8.03. The third-order valence-corrected chi connectivity index (χ3v) is 5.01. The van der Waals surface area contributed by atoms with Gasteiger partial charge in [0.05, 0.1) is 0 Å². The molecule has 0 unspecified atom stereocenters. The van der Waals surface area contributed by atoms with Crippen molar-refractivity contribution >= 4 is 51.4 Å². The van der Waals surface area contributed by atoms with E-state index in [9.17, 15) is 4.57 Å². The molecule has 0 aliphatic carbocycles. The molecule has 2 aromatic rings. The molecular weight excluding hydrogens is 479 g/mol. The normalized spacial score (nSPS) is 13.4. The van der Waals surface area contributed by atoms with Crippen molar-refractivity contribution in [2.24, 2.45) is 10.2 Å². The Morgan fingerprint density at radius 3 is 1.69 bits per heavy atom. The Labute approximate surface area is 171 Å². The molecule has 0 aliphatic rings. The number of hydrogen-bond donors (Lipinski definition) is 2. The van der Waals surface area contributed by atoms with Crippen LogP contribution in [0.15, 0.2) is 67.7 Å². The lowest BCUT2D eigenvalue weighted by Gasteiger charge is -2.06. The van der Waals surface area contributed by atoms with Crippen molar-refractivity contribution < 1.29 is 4.57 Å². The molecule has 8 heteroatoms. The molecule has 5 nitrogen and oxygen atoms in total. The van der Waals surface area contributed by atoms with E-state index in [2.05, 4.69) is 52.5 Å². The summed E-state index contributed by atoms with van der Waals surface area (Å²) in [6.07, 6.45) is 1.37. The van der Waals surface area contributed by atoms with Gasteiger partial charge < -0.3 is 0 Å². The number of nitrogens with one attached hydrogen (secondary N) is 2. The molecule has 26 heavy (non-hydrogen) atoms. The molecule has 0 saturated carbocycles. The highest BCUT2D eigenvalue weighted by atomic mass is 79.9. The predicted molar refractivity (Wildman–Crippen MR) is 117 cm³/mol. The highest BCUT2D eigenvalue weighted by Crippen LogP contribution is 2.14. The van der Waals surface area contributed by atoms with Crippen LogP contribution in [0.4, 0.5) is 0 Å². The highest BCUT2D eigenvalue weighted by Gasteiger charge is 2.00. The van der Waals surface area contributed by atoms with E-state index in [4.69, 9.17) is 0 Å². The summed E-state index contributed by atoms with van der Waals surface area (Å²) in [4.78, 5) is 0. The molecule has 0 amide bonds. The molecule has 138 valence electrons. The van der Waals surface area contributed by atoms with Gasteiger partial charge in [-0.2, -0.15) is 10.2 Å². The summed E-state index contributed by atoms with van der Waals surface area (Å²) in [7, 11) is -2.32. The molecule has 0 aromatic heterocycles. The van der Waals surface area contributed by atoms with Crippen LogP contribution in [0.5, 0.6) is 0 Å². The SMILES string of the molecule is CC(Cc1cccc(Br)c1)=NN[PH](=O)NN=C(C)Cc1cccc(Br)c1. The molecule has 0 bridgehead atoms. The van der Waals surface area contributed by atoms with Crippen LogP contribution in [0, 0.1) is 0 Å². The summed E-state index contributed by atoms with van der Waals surface area (Å²) in [5, 5.41) is 13.6. The van der Waals surface area contributed by atoms with E-state index in [1.54, 1.807) is 0 Å². The van der Waals surface area contributed by atoms with Crippen LogP contribution in [0.1, 0.15) is 25.0 Å². The average Bonchev–Trinajstić information content (AvgIpc) is 2.58. The quantitative estimate of drug-likeness (QED) is 0.293. The molecule has 0 heterocycles. The monoisotopic (exact) mass is 498 g/mol. The summed E-state index contributed by atoms with van der Waals surface area (Å²) >= 11 is 6.90. The number of rotatable bonds is 8. The summed E-state index contributed by atoms with van der Waals surface area (Å²) < 4.78 is 14.1. The van der Waals surface area contributed by atoms with Crippen LogP contribution in [-0.4, -0.2) is 11.4 Å². The molecular formula is C18H21Br2N4OP. The largest absolute Gasteiger partial charge is 0.277 e. The third kappa shape index (κ3) is 7.85. The van der Waals surface area contributed by atoms with Gasteiger partial charge in [-0.1, -0.05) is 56.1 Å². The van der Waals surface area contributed by atoms with Crippen LogP contribution in [0.3, 0.4) is 0 Å². The fourth-order valence-electron chi connectivity index (χ4n) is 2.28. The van der Waals surface area contributed by atoms with Gasteiger partial charge in [-0.25, -0.2) is 10.4 Å². The zero-order chi connectivity index (χ0) is 18.9. The van der Waals surface area contributed by atoms with Gasteiger partial charge in [-0.05, 0) is 49.2 Å². The van der Waals surface area contributed by atoms with Crippen molar-refractivity contribution in [1.29, 1.82) is 0 Å². The first-order valence-corrected chi connectivity index (χ1v) is 11.0. The highest BCUT2D eigenvalue weighted by molar-refractivity contribution is 9.10. The molecule has 0 atom stereocenters. The van der Waals surface area contributed by atoms with Crippen molar-refractivity contribution in [2.45, 2.75) is 26.7 Å². The van der Waals surface area contributed by atoms with Crippen LogP contribution < -0.4 is 10.4 Å². The summed E-state index contributed by atoms with van der Waals surface area (Å²) in [5.74, 6) is 0. The van der Waals surface area contributed by atoms with Crippen molar-refractivity contribution in [3.05, 3.63) is 68.6 Å². The van der Waals surface area contributed by atoms with Gasteiger partial charge in [0.2, 0.25) is 0 Å². The van der Waals surface area contributed by atoms with Crippen LogP contribution in [-0.2, 0) is 17.4 Å². The van der Waals surface area contributed by atoms with E-state index in [0.717, 1.165) is 31.5 Å². The van der Waals surface area contributed by atoms with E-state index in [1.807, 2.05) is 62.4 Å². The summed E-state index contributed by atoms with van der Waals surface area (Å²) in [6.45, 7) is 3.79. The van der Waals surface area contributed by atoms with E-state index in [-0.39, 0.29) is 0 Å². The fourth-order valence-corrected chi connectivity index (χ4v) is 3.81. The molecule has 0 fully saturated rings. The van der Waals surface area contributed by atoms with Gasteiger partial charge in [0, 0.05) is 33.2 Å². The van der Waals surface area contributed by atoms with E-state index in [1.165, 1.54) is 0 Å². The molecule has 0 spiro atoms. The standard InChI is InChI=1S/C18H21Br2N4OP/c1-13(9-15-5-3-7-17(19)11-15)21-23-26(25)24-22-14(2)10-16-6-4-8-18(20)12-16/h3-8,11-12,26H,9-10H2,1-2H3,(H2,23,24,25). The maximum absolute atomic E-state index is 12.0. The van der Waals surface area contributed by atoms with E-state index >= 15 is 0 Å². The predicted octanol–water partition coefficient (Wildman–Crippen LogP) is 5.32. The van der Waals surface area contributed by atoms with Gasteiger partial charge in [0.25, 0.3) is 8.10 Å². The first-order chi connectivity index (χ1) is 12.4. The number of hydrazone groups is 2. The molecule has 2 rings (SSSR count). The molecule has 2 N–H and O–H groups in total. The number of halogens is 2. The zero-order valence-electron chi connectivity index (χ0n) is 14.6. The number of benzene rings is 2. The van der Waals surface area contributed by atoms with Crippen molar-refractivity contribution in [2.75, 3.05) is 0 Å². The minimum atomic E-state index is -2.32. The minimum absolute atomic E-state index is 0.687. The zero-order valence-corrected chi connectivity index (χ0v) is 18.8. The van der Waals surface area contributed by atoms with Crippen molar-refractivity contribution in [3.8, 4) is 0 Å². The average molecular weight is 500 g/mol. The second-order valence-electron chi connectivity index (χ2n) is 5.86. The lowest BCUT2D eigenvalue weighted by atomic mass is 10.1. The molecule has 2 aromatic carbocycles. The third-order valence-electron chi connectivity index (χ3n) is 3.39.